The Bertz CT molecular complexity index is 333. The maximum atomic E-state index is 12.5. The van der Waals surface area contributed by atoms with Gasteiger partial charge in [-0.2, -0.15) is 0 Å². The fourth-order valence-corrected chi connectivity index (χ4v) is 4.00. The van der Waals surface area contributed by atoms with Crippen molar-refractivity contribution in [1.29, 1.82) is 0 Å². The molecule has 0 aromatic heterocycles. The summed E-state index contributed by atoms with van der Waals surface area (Å²) in [5, 5.41) is 3.41. The van der Waals surface area contributed by atoms with Gasteiger partial charge in [-0.25, -0.2) is 0 Å². The van der Waals surface area contributed by atoms with Crippen molar-refractivity contribution in [3.63, 3.8) is 0 Å². The highest BCUT2D eigenvalue weighted by molar-refractivity contribution is 5.84. The van der Waals surface area contributed by atoms with E-state index in [1.165, 1.54) is 45.2 Å². The molecule has 108 valence electrons. The minimum atomic E-state index is 0.0987. The van der Waals surface area contributed by atoms with Crippen LogP contribution in [0.1, 0.15) is 51.9 Å². The zero-order valence-electron chi connectivity index (χ0n) is 12.1. The standard InChI is InChI=1S/C15H27N3O/c1-2-3-6-14-15(19)18(11-16-14)13-7-9-17-8-4-5-12(17)10-13/h12-14,16H,2-11H2,1H3. The Hall–Kier alpha value is -0.610. The number of fused-ring (bicyclic) bond motifs is 1. The van der Waals surface area contributed by atoms with Crippen molar-refractivity contribution in [2.45, 2.75) is 70.0 Å². The fraction of sp³-hybridized carbons (Fsp3) is 0.933. The summed E-state index contributed by atoms with van der Waals surface area (Å²) in [6, 6.07) is 1.34. The van der Waals surface area contributed by atoms with Gasteiger partial charge in [0.05, 0.1) is 12.7 Å². The van der Waals surface area contributed by atoms with Crippen molar-refractivity contribution >= 4 is 5.91 Å². The minimum Gasteiger partial charge on any atom is -0.325 e. The van der Waals surface area contributed by atoms with E-state index in [4.69, 9.17) is 0 Å². The largest absolute Gasteiger partial charge is 0.325 e. The third-order valence-electron chi connectivity index (χ3n) is 5.17. The summed E-state index contributed by atoms with van der Waals surface area (Å²) >= 11 is 0. The van der Waals surface area contributed by atoms with Gasteiger partial charge in [-0.1, -0.05) is 19.8 Å². The summed E-state index contributed by atoms with van der Waals surface area (Å²) in [7, 11) is 0. The number of nitrogens with zero attached hydrogens (tertiary/aromatic N) is 2. The molecule has 1 amide bonds. The molecule has 1 N–H and O–H groups in total. The molecule has 3 unspecified atom stereocenters. The maximum absolute atomic E-state index is 12.5. The summed E-state index contributed by atoms with van der Waals surface area (Å²) in [6.45, 7) is 5.44. The molecule has 3 fully saturated rings. The normalized spacial score (nSPS) is 35.9. The Labute approximate surface area is 116 Å². The van der Waals surface area contributed by atoms with Crippen molar-refractivity contribution in [3.05, 3.63) is 0 Å². The van der Waals surface area contributed by atoms with Crippen LogP contribution >= 0.6 is 0 Å². The van der Waals surface area contributed by atoms with Crippen molar-refractivity contribution in [2.24, 2.45) is 0 Å². The third kappa shape index (κ3) is 2.65. The Kier molecular flexibility index (Phi) is 4.08. The molecule has 4 heteroatoms. The molecular formula is C15H27N3O. The van der Waals surface area contributed by atoms with Gasteiger partial charge in [0.25, 0.3) is 0 Å². The number of rotatable bonds is 4. The first-order valence-corrected chi connectivity index (χ1v) is 8.07. The number of hydrogen-bond donors (Lipinski definition) is 1. The molecule has 4 nitrogen and oxygen atoms in total. The predicted molar refractivity (Wildman–Crippen MR) is 75.8 cm³/mol. The Morgan fingerprint density at radius 3 is 3.00 bits per heavy atom. The average molecular weight is 265 g/mol. The zero-order chi connectivity index (χ0) is 13.2. The molecule has 3 heterocycles. The molecule has 3 aliphatic heterocycles. The second-order valence-corrected chi connectivity index (χ2v) is 6.38. The predicted octanol–water partition coefficient (Wildman–Crippen LogP) is 1.56. The zero-order valence-corrected chi connectivity index (χ0v) is 12.1. The van der Waals surface area contributed by atoms with Gasteiger partial charge in [-0.05, 0) is 38.6 Å². The first-order chi connectivity index (χ1) is 9.29. The lowest BCUT2D eigenvalue weighted by Crippen LogP contribution is -2.48. The van der Waals surface area contributed by atoms with Gasteiger partial charge in [0.2, 0.25) is 5.91 Å². The van der Waals surface area contributed by atoms with Crippen LogP contribution in [0.15, 0.2) is 0 Å². The summed E-state index contributed by atoms with van der Waals surface area (Å²) < 4.78 is 0. The number of unbranched alkanes of at least 4 members (excludes halogenated alkanes) is 1. The average Bonchev–Trinajstić information content (AvgIpc) is 3.02. The van der Waals surface area contributed by atoms with E-state index in [1.807, 2.05) is 0 Å². The van der Waals surface area contributed by atoms with E-state index in [9.17, 15) is 4.79 Å². The molecule has 0 saturated carbocycles. The number of carbonyl (C=O) groups excluding carboxylic acids is 1. The van der Waals surface area contributed by atoms with Crippen LogP contribution in [-0.2, 0) is 4.79 Å². The van der Waals surface area contributed by atoms with Gasteiger partial charge in [-0.15, -0.1) is 0 Å². The van der Waals surface area contributed by atoms with Crippen LogP contribution in [0.2, 0.25) is 0 Å². The van der Waals surface area contributed by atoms with Crippen LogP contribution < -0.4 is 5.32 Å². The second-order valence-electron chi connectivity index (χ2n) is 6.38. The quantitative estimate of drug-likeness (QED) is 0.838. The lowest BCUT2D eigenvalue weighted by Gasteiger charge is -2.38. The first-order valence-electron chi connectivity index (χ1n) is 8.07. The van der Waals surface area contributed by atoms with Gasteiger partial charge in [0.1, 0.15) is 0 Å². The molecule has 0 bridgehead atoms. The van der Waals surface area contributed by atoms with E-state index >= 15 is 0 Å². The minimum absolute atomic E-state index is 0.0987. The molecule has 0 spiro atoms. The van der Waals surface area contributed by atoms with Crippen LogP contribution in [-0.4, -0.2) is 53.6 Å². The van der Waals surface area contributed by atoms with E-state index < -0.39 is 0 Å². The van der Waals surface area contributed by atoms with Crippen LogP contribution in [0.5, 0.6) is 0 Å². The monoisotopic (exact) mass is 265 g/mol. The topological polar surface area (TPSA) is 35.6 Å². The van der Waals surface area contributed by atoms with Crippen molar-refractivity contribution in [2.75, 3.05) is 19.8 Å². The van der Waals surface area contributed by atoms with Gasteiger partial charge >= 0.3 is 0 Å². The highest BCUT2D eigenvalue weighted by Gasteiger charge is 2.39. The van der Waals surface area contributed by atoms with Crippen molar-refractivity contribution in [3.8, 4) is 0 Å². The summed E-state index contributed by atoms with van der Waals surface area (Å²) in [6.07, 6.45) is 8.39. The second kappa shape index (κ2) is 5.80. The summed E-state index contributed by atoms with van der Waals surface area (Å²) in [4.78, 5) is 17.2. The van der Waals surface area contributed by atoms with Crippen LogP contribution in [0.4, 0.5) is 0 Å². The highest BCUT2D eigenvalue weighted by atomic mass is 16.2. The summed E-state index contributed by atoms with van der Waals surface area (Å²) in [5.41, 5.74) is 0. The van der Waals surface area contributed by atoms with Gasteiger partial charge in [0.15, 0.2) is 0 Å². The molecule has 3 atom stereocenters. The van der Waals surface area contributed by atoms with Crippen LogP contribution in [0.3, 0.4) is 0 Å². The molecular weight excluding hydrogens is 238 g/mol. The van der Waals surface area contributed by atoms with Crippen LogP contribution in [0, 0.1) is 0 Å². The molecule has 3 saturated heterocycles. The number of piperidine rings is 1. The number of amides is 1. The number of hydrogen-bond acceptors (Lipinski definition) is 3. The van der Waals surface area contributed by atoms with E-state index in [0.717, 1.165) is 25.6 Å². The molecule has 0 aromatic rings. The maximum Gasteiger partial charge on any atom is 0.241 e. The number of nitrogens with one attached hydrogen (secondary N) is 1. The van der Waals surface area contributed by atoms with E-state index in [2.05, 4.69) is 22.0 Å². The van der Waals surface area contributed by atoms with Crippen molar-refractivity contribution in [1.82, 2.24) is 15.1 Å². The smallest absolute Gasteiger partial charge is 0.241 e. The highest BCUT2D eigenvalue weighted by Crippen LogP contribution is 2.30. The van der Waals surface area contributed by atoms with E-state index in [1.54, 1.807) is 0 Å². The van der Waals surface area contributed by atoms with E-state index in [-0.39, 0.29) is 6.04 Å². The Morgan fingerprint density at radius 2 is 2.16 bits per heavy atom. The molecule has 3 aliphatic rings. The molecule has 0 radical (unpaired) electrons. The fourth-order valence-electron chi connectivity index (χ4n) is 4.00. The Balaban J connectivity index is 1.56. The lowest BCUT2D eigenvalue weighted by atomic mass is 9.96. The first kappa shape index (κ1) is 13.4. The summed E-state index contributed by atoms with van der Waals surface area (Å²) in [5.74, 6) is 0.366. The lowest BCUT2D eigenvalue weighted by molar-refractivity contribution is -0.132. The van der Waals surface area contributed by atoms with Crippen molar-refractivity contribution < 1.29 is 4.79 Å². The molecule has 19 heavy (non-hydrogen) atoms. The third-order valence-corrected chi connectivity index (χ3v) is 5.17. The molecule has 3 rings (SSSR count). The Morgan fingerprint density at radius 1 is 1.26 bits per heavy atom. The van der Waals surface area contributed by atoms with Gasteiger partial charge in [0, 0.05) is 18.6 Å². The number of carbonyl (C=O) groups is 1. The van der Waals surface area contributed by atoms with E-state index in [0.29, 0.717) is 11.9 Å². The molecule has 0 aromatic carbocycles. The SMILES string of the molecule is CCCCC1NCN(C2CCN3CCCC3C2)C1=O. The van der Waals surface area contributed by atoms with Crippen LogP contribution in [0.25, 0.3) is 0 Å². The van der Waals surface area contributed by atoms with Gasteiger partial charge < -0.3 is 9.80 Å². The molecule has 0 aliphatic carbocycles. The van der Waals surface area contributed by atoms with Gasteiger partial charge in [-0.3, -0.25) is 10.1 Å².